The molecule has 0 bridgehead atoms. The Hall–Kier alpha value is -0.297. The Bertz CT molecular complexity index is 127. The van der Waals surface area contributed by atoms with Gasteiger partial charge in [0, 0.05) is 33.1 Å². The minimum atomic E-state index is -0.333. The molecule has 1 amide bonds. The molecule has 0 saturated heterocycles. The summed E-state index contributed by atoms with van der Waals surface area (Å²) in [5, 5.41) is 0. The van der Waals surface area contributed by atoms with E-state index in [9.17, 15) is 4.79 Å². The van der Waals surface area contributed by atoms with Gasteiger partial charge in [-0.1, -0.05) is 0 Å². The van der Waals surface area contributed by atoms with Crippen LogP contribution in [-0.2, 0) is 31.0 Å². The molecule has 0 saturated carbocycles. The van der Waals surface area contributed by atoms with Crippen molar-refractivity contribution < 1.29 is 31.0 Å². The summed E-state index contributed by atoms with van der Waals surface area (Å²) in [6.07, 6.45) is 0. The van der Waals surface area contributed by atoms with Crippen LogP contribution in [0.25, 0.3) is 0 Å². The molecule has 1 aromatic rings. The number of rotatable bonds is 0. The molecule has 1 aromatic carbocycles. The van der Waals surface area contributed by atoms with E-state index >= 15 is 0 Å². The molecule has 0 radical (unpaired) electrons. The van der Waals surface area contributed by atoms with Crippen LogP contribution in [0.1, 0.15) is 6.92 Å². The number of primary amides is 1. The first kappa shape index (κ1) is 12.4. The number of carbonyl (C=O) groups is 1. The van der Waals surface area contributed by atoms with E-state index < -0.39 is 0 Å². The third kappa shape index (κ3) is 15.6. The standard InChI is InChI=1S/C5H5.C2H5NO.Zr/c1-2-4-5-3-1;1-2(3)4;/h1-5H;1H3,(H2,3,4);/q-1;;. The maximum absolute atomic E-state index is 9.22. The first-order valence-corrected chi connectivity index (χ1v) is 2.66. The Labute approximate surface area is 79.9 Å². The van der Waals surface area contributed by atoms with Crippen molar-refractivity contribution in [3.63, 3.8) is 0 Å². The second-order valence-corrected chi connectivity index (χ2v) is 1.57. The zero-order valence-electron chi connectivity index (χ0n) is 5.87. The molecule has 54 valence electrons. The Kier molecular flexibility index (Phi) is 10.8. The average molecular weight is 215 g/mol. The number of hydrogen-bond donors (Lipinski definition) is 1. The summed E-state index contributed by atoms with van der Waals surface area (Å²) in [6, 6.07) is 10.0. The Balaban J connectivity index is 0. The topological polar surface area (TPSA) is 43.1 Å². The Morgan fingerprint density at radius 3 is 1.80 bits per heavy atom. The van der Waals surface area contributed by atoms with Crippen molar-refractivity contribution in [3.8, 4) is 0 Å². The number of amides is 1. The van der Waals surface area contributed by atoms with Crippen molar-refractivity contribution in [3.05, 3.63) is 30.3 Å². The van der Waals surface area contributed by atoms with Gasteiger partial charge in [0.2, 0.25) is 5.91 Å². The van der Waals surface area contributed by atoms with Crippen LogP contribution in [0.4, 0.5) is 0 Å². The summed E-state index contributed by atoms with van der Waals surface area (Å²) < 4.78 is 0. The molecule has 0 aliphatic rings. The molecule has 3 heteroatoms. The van der Waals surface area contributed by atoms with E-state index in [0.717, 1.165) is 0 Å². The monoisotopic (exact) mass is 214 g/mol. The molecule has 0 aliphatic heterocycles. The van der Waals surface area contributed by atoms with Crippen LogP contribution < -0.4 is 5.73 Å². The second kappa shape index (κ2) is 8.70. The molecular weight excluding hydrogens is 205 g/mol. The van der Waals surface area contributed by atoms with Crippen molar-refractivity contribution in [2.75, 3.05) is 0 Å². The van der Waals surface area contributed by atoms with E-state index in [1.807, 2.05) is 30.3 Å². The molecule has 0 fully saturated rings. The summed E-state index contributed by atoms with van der Waals surface area (Å²) in [7, 11) is 0. The maximum Gasteiger partial charge on any atom is 0.214 e. The molecule has 0 unspecified atom stereocenters. The van der Waals surface area contributed by atoms with Crippen LogP contribution in [0.15, 0.2) is 30.3 Å². The molecule has 0 heterocycles. The van der Waals surface area contributed by atoms with Gasteiger partial charge in [-0.05, 0) is 0 Å². The molecule has 0 aliphatic carbocycles. The maximum atomic E-state index is 9.22. The van der Waals surface area contributed by atoms with E-state index in [1.165, 1.54) is 6.92 Å². The van der Waals surface area contributed by atoms with Crippen molar-refractivity contribution in [2.45, 2.75) is 6.92 Å². The van der Waals surface area contributed by atoms with Crippen molar-refractivity contribution >= 4 is 5.91 Å². The SMILES string of the molecule is CC(N)=O.[Zr].c1cc[cH-]c1. The molecule has 2 nitrogen and oxygen atoms in total. The fraction of sp³-hybridized carbons (Fsp3) is 0.143. The zero-order valence-corrected chi connectivity index (χ0v) is 8.33. The van der Waals surface area contributed by atoms with Gasteiger partial charge in [-0.2, -0.15) is 18.2 Å². The summed E-state index contributed by atoms with van der Waals surface area (Å²) in [6.45, 7) is 1.31. The van der Waals surface area contributed by atoms with Crippen LogP contribution in [0.2, 0.25) is 0 Å². The molecule has 0 atom stereocenters. The van der Waals surface area contributed by atoms with Crippen LogP contribution in [-0.4, -0.2) is 5.91 Å². The van der Waals surface area contributed by atoms with Crippen LogP contribution >= 0.6 is 0 Å². The smallest absolute Gasteiger partial charge is 0.214 e. The van der Waals surface area contributed by atoms with Gasteiger partial charge in [0.15, 0.2) is 0 Å². The number of carbonyl (C=O) groups excluding carboxylic acids is 1. The average Bonchev–Trinajstić information content (AvgIpc) is 2.11. The largest absolute Gasteiger partial charge is 0.370 e. The van der Waals surface area contributed by atoms with Crippen LogP contribution in [0, 0.1) is 0 Å². The van der Waals surface area contributed by atoms with Crippen LogP contribution in [0.5, 0.6) is 0 Å². The van der Waals surface area contributed by atoms with Crippen molar-refractivity contribution in [1.82, 2.24) is 0 Å². The normalized spacial score (nSPS) is 6.50. The Morgan fingerprint density at radius 1 is 1.40 bits per heavy atom. The molecule has 1 rings (SSSR count). The predicted octanol–water partition coefficient (Wildman–Crippen LogP) is 0.895. The fourth-order valence-corrected chi connectivity index (χ4v) is 0.321. The van der Waals surface area contributed by atoms with Gasteiger partial charge in [0.1, 0.15) is 0 Å². The number of nitrogens with two attached hydrogens (primary N) is 1. The van der Waals surface area contributed by atoms with Crippen LogP contribution in [0.3, 0.4) is 0 Å². The summed E-state index contributed by atoms with van der Waals surface area (Å²) in [4.78, 5) is 9.22. The van der Waals surface area contributed by atoms with E-state index in [2.05, 4.69) is 5.73 Å². The summed E-state index contributed by atoms with van der Waals surface area (Å²) >= 11 is 0. The molecule has 0 aromatic heterocycles. The van der Waals surface area contributed by atoms with E-state index in [0.29, 0.717) is 0 Å². The van der Waals surface area contributed by atoms with Gasteiger partial charge in [-0.3, -0.25) is 4.79 Å². The van der Waals surface area contributed by atoms with Gasteiger partial charge in [-0.15, -0.1) is 0 Å². The molecule has 0 spiro atoms. The molecule has 2 N–H and O–H groups in total. The molecule has 10 heavy (non-hydrogen) atoms. The predicted molar refractivity (Wildman–Crippen MR) is 36.9 cm³/mol. The minimum Gasteiger partial charge on any atom is -0.370 e. The van der Waals surface area contributed by atoms with E-state index in [4.69, 9.17) is 0 Å². The fourth-order valence-electron chi connectivity index (χ4n) is 0.321. The quantitative estimate of drug-likeness (QED) is 0.642. The van der Waals surface area contributed by atoms with E-state index in [1.54, 1.807) is 0 Å². The van der Waals surface area contributed by atoms with Gasteiger partial charge < -0.3 is 5.73 Å². The Morgan fingerprint density at radius 2 is 1.70 bits per heavy atom. The summed E-state index contributed by atoms with van der Waals surface area (Å²) in [5.41, 5.74) is 4.47. The first-order valence-electron chi connectivity index (χ1n) is 2.66. The second-order valence-electron chi connectivity index (χ2n) is 1.57. The number of hydrogen-bond acceptors (Lipinski definition) is 1. The van der Waals surface area contributed by atoms with Gasteiger partial charge >= 0.3 is 0 Å². The van der Waals surface area contributed by atoms with Gasteiger partial charge in [0.05, 0.1) is 0 Å². The van der Waals surface area contributed by atoms with E-state index in [-0.39, 0.29) is 32.1 Å². The van der Waals surface area contributed by atoms with Crippen molar-refractivity contribution in [1.29, 1.82) is 0 Å². The minimum absolute atomic E-state index is 0. The third-order valence-electron chi connectivity index (χ3n) is 0.556. The first-order chi connectivity index (χ1) is 4.23. The summed E-state index contributed by atoms with van der Waals surface area (Å²) in [5.74, 6) is -0.333. The zero-order chi connectivity index (χ0) is 7.11. The van der Waals surface area contributed by atoms with Gasteiger partial charge in [-0.25, -0.2) is 12.1 Å². The third-order valence-corrected chi connectivity index (χ3v) is 0.556. The van der Waals surface area contributed by atoms with Crippen molar-refractivity contribution in [2.24, 2.45) is 5.73 Å². The molecular formula is C7H10NOZr-. The van der Waals surface area contributed by atoms with Gasteiger partial charge in [0.25, 0.3) is 0 Å².